The minimum Gasteiger partial charge on any atom is -0.394 e. The van der Waals surface area contributed by atoms with E-state index in [1.54, 1.807) is 6.92 Å². The zero-order valence-corrected chi connectivity index (χ0v) is 10.6. The molecule has 0 unspecified atom stereocenters. The van der Waals surface area contributed by atoms with Crippen LogP contribution in [0.1, 0.15) is 12.6 Å². The number of para-hydroxylation sites is 1. The molecule has 0 radical (unpaired) electrons. The first-order valence-corrected chi connectivity index (χ1v) is 5.94. The van der Waals surface area contributed by atoms with Gasteiger partial charge in [-0.3, -0.25) is 4.98 Å². The lowest BCUT2D eigenvalue weighted by Crippen LogP contribution is -2.42. The predicted molar refractivity (Wildman–Crippen MR) is 72.7 cm³/mol. The van der Waals surface area contributed by atoms with Gasteiger partial charge >= 0.3 is 0 Å². The number of benzene rings is 1. The van der Waals surface area contributed by atoms with Crippen molar-refractivity contribution in [2.45, 2.75) is 19.4 Å². The van der Waals surface area contributed by atoms with Crippen molar-refractivity contribution in [3.8, 4) is 0 Å². The lowest BCUT2D eigenvalue weighted by atomic mass is 10.0. The van der Waals surface area contributed by atoms with Crippen molar-refractivity contribution in [3.63, 3.8) is 0 Å². The van der Waals surface area contributed by atoms with Crippen molar-refractivity contribution in [2.75, 3.05) is 18.5 Å². The SMILES string of the molecule is Cc1cc(NC(C)(CO)CO)c2ccccc2n1. The molecule has 4 heteroatoms. The van der Waals surface area contributed by atoms with Gasteiger partial charge in [0.25, 0.3) is 0 Å². The zero-order valence-electron chi connectivity index (χ0n) is 10.6. The second-order valence-electron chi connectivity index (χ2n) is 4.83. The van der Waals surface area contributed by atoms with Crippen LogP contribution >= 0.6 is 0 Å². The maximum absolute atomic E-state index is 9.35. The molecule has 0 amide bonds. The van der Waals surface area contributed by atoms with Gasteiger partial charge in [-0.15, -0.1) is 0 Å². The lowest BCUT2D eigenvalue weighted by Gasteiger charge is -2.28. The number of anilines is 1. The fourth-order valence-corrected chi connectivity index (χ4v) is 1.87. The van der Waals surface area contributed by atoms with Gasteiger partial charge in [0.15, 0.2) is 0 Å². The van der Waals surface area contributed by atoms with E-state index in [2.05, 4.69) is 10.3 Å². The number of nitrogens with one attached hydrogen (secondary N) is 1. The molecule has 0 atom stereocenters. The summed E-state index contributed by atoms with van der Waals surface area (Å²) in [4.78, 5) is 4.45. The highest BCUT2D eigenvalue weighted by Crippen LogP contribution is 2.25. The van der Waals surface area contributed by atoms with Crippen LogP contribution in [0, 0.1) is 6.92 Å². The highest BCUT2D eigenvalue weighted by molar-refractivity contribution is 5.91. The third kappa shape index (κ3) is 2.44. The summed E-state index contributed by atoms with van der Waals surface area (Å²) in [5, 5.41) is 22.9. The highest BCUT2D eigenvalue weighted by atomic mass is 16.3. The maximum atomic E-state index is 9.35. The summed E-state index contributed by atoms with van der Waals surface area (Å²) < 4.78 is 0. The molecule has 0 aliphatic carbocycles. The smallest absolute Gasteiger partial charge is 0.0806 e. The van der Waals surface area contributed by atoms with Gasteiger partial charge in [0.1, 0.15) is 0 Å². The van der Waals surface area contributed by atoms with Gasteiger partial charge in [-0.1, -0.05) is 18.2 Å². The molecule has 18 heavy (non-hydrogen) atoms. The average Bonchev–Trinajstić information content (AvgIpc) is 2.38. The van der Waals surface area contributed by atoms with Gasteiger partial charge in [-0.25, -0.2) is 0 Å². The van der Waals surface area contributed by atoms with Crippen molar-refractivity contribution in [3.05, 3.63) is 36.0 Å². The van der Waals surface area contributed by atoms with Crippen molar-refractivity contribution < 1.29 is 10.2 Å². The van der Waals surface area contributed by atoms with E-state index in [-0.39, 0.29) is 13.2 Å². The summed E-state index contributed by atoms with van der Waals surface area (Å²) in [6.07, 6.45) is 0. The Balaban J connectivity index is 2.50. The number of aliphatic hydroxyl groups is 2. The van der Waals surface area contributed by atoms with E-state index >= 15 is 0 Å². The lowest BCUT2D eigenvalue weighted by molar-refractivity contribution is 0.147. The quantitative estimate of drug-likeness (QED) is 0.768. The molecule has 1 aromatic heterocycles. The van der Waals surface area contributed by atoms with Gasteiger partial charge in [0, 0.05) is 16.8 Å². The topological polar surface area (TPSA) is 65.4 Å². The van der Waals surface area contributed by atoms with Crippen LogP contribution in [0.4, 0.5) is 5.69 Å². The number of aliphatic hydroxyl groups excluding tert-OH is 2. The van der Waals surface area contributed by atoms with Crippen LogP contribution in [-0.2, 0) is 0 Å². The molecular weight excluding hydrogens is 228 g/mol. The van der Waals surface area contributed by atoms with Gasteiger partial charge in [0.05, 0.1) is 24.3 Å². The molecule has 2 aromatic rings. The normalized spacial score (nSPS) is 11.8. The fourth-order valence-electron chi connectivity index (χ4n) is 1.87. The number of nitrogens with zero attached hydrogens (tertiary/aromatic N) is 1. The number of hydrogen-bond acceptors (Lipinski definition) is 4. The number of aromatic nitrogens is 1. The summed E-state index contributed by atoms with van der Waals surface area (Å²) in [5.74, 6) is 0. The molecule has 96 valence electrons. The predicted octanol–water partition coefficient (Wildman–Crippen LogP) is 1.70. The number of pyridine rings is 1. The highest BCUT2D eigenvalue weighted by Gasteiger charge is 2.22. The maximum Gasteiger partial charge on any atom is 0.0806 e. The van der Waals surface area contributed by atoms with Gasteiger partial charge in [-0.05, 0) is 26.0 Å². The first kappa shape index (κ1) is 12.8. The standard InChI is InChI=1S/C14H18N2O2/c1-10-7-13(16-14(2,8-17)9-18)11-5-3-4-6-12(11)15-10/h3-7,17-18H,8-9H2,1-2H3,(H,15,16). The average molecular weight is 246 g/mol. The molecule has 0 saturated heterocycles. The Hall–Kier alpha value is -1.65. The first-order valence-electron chi connectivity index (χ1n) is 5.94. The number of aryl methyl sites for hydroxylation is 1. The molecule has 0 saturated carbocycles. The first-order chi connectivity index (χ1) is 8.58. The third-order valence-electron chi connectivity index (χ3n) is 2.98. The van der Waals surface area contributed by atoms with E-state index in [1.165, 1.54) is 0 Å². The van der Waals surface area contributed by atoms with Crippen LogP contribution in [0.25, 0.3) is 10.9 Å². The molecule has 0 bridgehead atoms. The Morgan fingerprint density at radius 2 is 1.89 bits per heavy atom. The summed E-state index contributed by atoms with van der Waals surface area (Å²) in [6.45, 7) is 3.42. The third-order valence-corrected chi connectivity index (χ3v) is 2.98. The van der Waals surface area contributed by atoms with E-state index in [1.807, 2.05) is 37.3 Å². The van der Waals surface area contributed by atoms with E-state index in [0.717, 1.165) is 22.3 Å². The Labute approximate surface area is 106 Å². The van der Waals surface area contributed by atoms with E-state index in [9.17, 15) is 10.2 Å². The van der Waals surface area contributed by atoms with Crippen molar-refractivity contribution >= 4 is 16.6 Å². The van der Waals surface area contributed by atoms with E-state index in [0.29, 0.717) is 0 Å². The molecule has 4 nitrogen and oxygen atoms in total. The van der Waals surface area contributed by atoms with Crippen LogP contribution in [0.2, 0.25) is 0 Å². The Bertz CT molecular complexity index is 550. The largest absolute Gasteiger partial charge is 0.394 e. The summed E-state index contributed by atoms with van der Waals surface area (Å²) in [6, 6.07) is 9.73. The van der Waals surface area contributed by atoms with Gasteiger partial charge in [-0.2, -0.15) is 0 Å². The Morgan fingerprint density at radius 3 is 2.56 bits per heavy atom. The second kappa shape index (κ2) is 4.92. The van der Waals surface area contributed by atoms with Crippen molar-refractivity contribution in [2.24, 2.45) is 0 Å². The number of fused-ring (bicyclic) bond motifs is 1. The summed E-state index contributed by atoms with van der Waals surface area (Å²) in [5.41, 5.74) is 1.94. The Morgan fingerprint density at radius 1 is 1.22 bits per heavy atom. The van der Waals surface area contributed by atoms with Crippen molar-refractivity contribution in [1.29, 1.82) is 0 Å². The summed E-state index contributed by atoms with van der Waals surface area (Å²) in [7, 11) is 0. The number of rotatable bonds is 4. The van der Waals surface area contributed by atoms with Crippen molar-refractivity contribution in [1.82, 2.24) is 4.98 Å². The van der Waals surface area contributed by atoms with Gasteiger partial charge < -0.3 is 15.5 Å². The van der Waals surface area contributed by atoms with Crippen LogP contribution in [-0.4, -0.2) is 33.9 Å². The van der Waals surface area contributed by atoms with Crippen LogP contribution in [0.3, 0.4) is 0 Å². The molecule has 2 rings (SSSR count). The Kier molecular flexibility index (Phi) is 3.50. The molecule has 0 fully saturated rings. The van der Waals surface area contributed by atoms with Crippen LogP contribution in [0.15, 0.2) is 30.3 Å². The molecular formula is C14H18N2O2. The van der Waals surface area contributed by atoms with Crippen LogP contribution in [0.5, 0.6) is 0 Å². The van der Waals surface area contributed by atoms with Gasteiger partial charge in [0.2, 0.25) is 0 Å². The summed E-state index contributed by atoms with van der Waals surface area (Å²) >= 11 is 0. The monoisotopic (exact) mass is 246 g/mol. The molecule has 0 aliphatic heterocycles. The minimum atomic E-state index is -0.740. The molecule has 0 aliphatic rings. The molecule has 3 N–H and O–H groups in total. The number of hydrogen-bond donors (Lipinski definition) is 3. The van der Waals surface area contributed by atoms with E-state index in [4.69, 9.17) is 0 Å². The zero-order chi connectivity index (χ0) is 13.2. The second-order valence-corrected chi connectivity index (χ2v) is 4.83. The molecule has 0 spiro atoms. The fraction of sp³-hybridized carbons (Fsp3) is 0.357. The van der Waals surface area contributed by atoms with Crippen LogP contribution < -0.4 is 5.32 Å². The molecule has 1 aromatic carbocycles. The molecule has 1 heterocycles. The van der Waals surface area contributed by atoms with E-state index < -0.39 is 5.54 Å². The minimum absolute atomic E-state index is 0.140.